The lowest BCUT2D eigenvalue weighted by Gasteiger charge is -2.26. The van der Waals surface area contributed by atoms with Gasteiger partial charge in [0, 0.05) is 5.69 Å². The van der Waals surface area contributed by atoms with Crippen LogP contribution in [0.3, 0.4) is 0 Å². The van der Waals surface area contributed by atoms with Crippen molar-refractivity contribution < 1.29 is 14.1 Å². The van der Waals surface area contributed by atoms with Crippen molar-refractivity contribution in [2.24, 2.45) is 0 Å². The van der Waals surface area contributed by atoms with Crippen LogP contribution in [0.4, 0.5) is 5.69 Å². The van der Waals surface area contributed by atoms with Crippen LogP contribution in [0.2, 0.25) is 0 Å². The summed E-state index contributed by atoms with van der Waals surface area (Å²) in [7, 11) is 0. The van der Waals surface area contributed by atoms with Crippen LogP contribution < -0.4 is 11.1 Å². The van der Waals surface area contributed by atoms with Crippen molar-refractivity contribution in [1.82, 2.24) is 15.5 Å². The summed E-state index contributed by atoms with van der Waals surface area (Å²) in [5.41, 5.74) is 8.94. The van der Waals surface area contributed by atoms with E-state index in [9.17, 15) is 4.79 Å². The Morgan fingerprint density at radius 1 is 1.50 bits per heavy atom. The highest BCUT2D eigenvalue weighted by molar-refractivity contribution is 5.85. The molecule has 24 heavy (non-hydrogen) atoms. The normalized spacial score (nSPS) is 16.1. The largest absolute Gasteiger partial charge is 0.399 e. The number of fused-ring (bicyclic) bond motifs is 1. The number of nitrogen functional groups attached to an aromatic ring is 1. The molecule has 1 aromatic carbocycles. The summed E-state index contributed by atoms with van der Waals surface area (Å²) in [6, 6.07) is 5.87. The Balaban J connectivity index is 0.00000208. The number of hydrogen-bond donors (Lipinski definition) is 2. The summed E-state index contributed by atoms with van der Waals surface area (Å²) in [6.07, 6.45) is 2.95. The molecule has 1 aromatic heterocycles. The first-order valence-electron chi connectivity index (χ1n) is 7.66. The highest BCUT2D eigenvalue weighted by atomic mass is 35.5. The highest BCUT2D eigenvalue weighted by Gasteiger charge is 2.21. The minimum absolute atomic E-state index is 0. The number of nitrogens with two attached hydrogens (primary N) is 1. The van der Waals surface area contributed by atoms with E-state index < -0.39 is 0 Å². The van der Waals surface area contributed by atoms with Crippen LogP contribution in [0.15, 0.2) is 22.7 Å². The van der Waals surface area contributed by atoms with Gasteiger partial charge in [0.25, 0.3) is 5.89 Å². The van der Waals surface area contributed by atoms with E-state index in [0.29, 0.717) is 11.7 Å². The first-order chi connectivity index (χ1) is 11.1. The van der Waals surface area contributed by atoms with Crippen LogP contribution in [-0.2, 0) is 22.6 Å². The van der Waals surface area contributed by atoms with E-state index >= 15 is 0 Å². The lowest BCUT2D eigenvalue weighted by Crippen LogP contribution is -2.33. The molecule has 0 aliphatic heterocycles. The van der Waals surface area contributed by atoms with Gasteiger partial charge in [-0.25, -0.2) is 0 Å². The van der Waals surface area contributed by atoms with E-state index in [4.69, 9.17) is 15.0 Å². The van der Waals surface area contributed by atoms with E-state index in [1.54, 1.807) is 6.92 Å². The van der Waals surface area contributed by atoms with E-state index in [1.807, 2.05) is 18.2 Å². The van der Waals surface area contributed by atoms with Crippen LogP contribution in [-0.4, -0.2) is 22.7 Å². The van der Waals surface area contributed by atoms with E-state index in [1.165, 1.54) is 5.56 Å². The molecule has 3 rings (SSSR count). The topological polar surface area (TPSA) is 103 Å². The zero-order valence-electron chi connectivity index (χ0n) is 13.4. The van der Waals surface area contributed by atoms with Gasteiger partial charge in [-0.15, -0.1) is 12.4 Å². The number of aromatic nitrogens is 2. The minimum Gasteiger partial charge on any atom is -0.399 e. The molecule has 1 amide bonds. The molecule has 0 radical (unpaired) electrons. The summed E-state index contributed by atoms with van der Waals surface area (Å²) in [4.78, 5) is 16.1. The van der Waals surface area contributed by atoms with Crippen LogP contribution in [0.1, 0.15) is 41.7 Å². The standard InChI is InChI=1S/C16H20N4O3.ClH/c1-10-18-16(23-20-10)9-22-8-15(21)19-14-4-2-3-11-7-12(17)5-6-13(11)14;/h5-7,14H,2-4,8-9,17H2,1H3,(H,19,21);1H. The number of nitrogens with one attached hydrogen (secondary N) is 1. The Morgan fingerprint density at radius 2 is 2.33 bits per heavy atom. The smallest absolute Gasteiger partial charge is 0.252 e. The third-order valence-electron chi connectivity index (χ3n) is 3.84. The van der Waals surface area contributed by atoms with Crippen molar-refractivity contribution >= 4 is 24.0 Å². The van der Waals surface area contributed by atoms with E-state index in [2.05, 4.69) is 15.5 Å². The van der Waals surface area contributed by atoms with Crippen molar-refractivity contribution in [3.05, 3.63) is 41.0 Å². The average molecular weight is 353 g/mol. The number of carbonyl (C=O) groups is 1. The fourth-order valence-electron chi connectivity index (χ4n) is 2.85. The number of hydrogen-bond acceptors (Lipinski definition) is 6. The zero-order chi connectivity index (χ0) is 16.2. The van der Waals surface area contributed by atoms with E-state index in [0.717, 1.165) is 30.5 Å². The molecule has 0 bridgehead atoms. The number of anilines is 1. The molecule has 1 aliphatic rings. The summed E-state index contributed by atoms with van der Waals surface area (Å²) in [6.45, 7) is 1.82. The maximum absolute atomic E-state index is 12.1. The van der Waals surface area contributed by atoms with Gasteiger partial charge < -0.3 is 20.3 Å². The van der Waals surface area contributed by atoms with Gasteiger partial charge in [-0.2, -0.15) is 4.98 Å². The number of aryl methyl sites for hydroxylation is 2. The fraction of sp³-hybridized carbons (Fsp3) is 0.438. The van der Waals surface area contributed by atoms with Gasteiger partial charge in [0.15, 0.2) is 5.82 Å². The van der Waals surface area contributed by atoms with Gasteiger partial charge in [0.1, 0.15) is 13.2 Å². The predicted octanol–water partition coefficient (Wildman–Crippen LogP) is 2.09. The van der Waals surface area contributed by atoms with Gasteiger partial charge in [-0.3, -0.25) is 4.79 Å². The second kappa shape index (κ2) is 8.12. The Bertz CT molecular complexity index is 704. The number of nitrogens with zero attached hydrogens (tertiary/aromatic N) is 2. The molecular formula is C16H21ClN4O3. The predicted molar refractivity (Wildman–Crippen MR) is 90.6 cm³/mol. The van der Waals surface area contributed by atoms with Gasteiger partial charge >= 0.3 is 0 Å². The molecule has 0 saturated heterocycles. The number of rotatable bonds is 5. The van der Waals surface area contributed by atoms with E-state index in [-0.39, 0.29) is 37.6 Å². The quantitative estimate of drug-likeness (QED) is 0.798. The summed E-state index contributed by atoms with van der Waals surface area (Å²) in [5, 5.41) is 6.68. The lowest BCUT2D eigenvalue weighted by atomic mass is 9.87. The fourth-order valence-corrected chi connectivity index (χ4v) is 2.85. The molecule has 7 nitrogen and oxygen atoms in total. The molecule has 1 atom stereocenters. The number of halogens is 1. The van der Waals surface area contributed by atoms with Crippen molar-refractivity contribution in [3.8, 4) is 0 Å². The Labute approximate surface area is 146 Å². The monoisotopic (exact) mass is 352 g/mol. The minimum atomic E-state index is -0.157. The Hall–Kier alpha value is -2.12. The number of amides is 1. The van der Waals surface area contributed by atoms with Crippen LogP contribution >= 0.6 is 12.4 Å². The van der Waals surface area contributed by atoms with Gasteiger partial charge in [-0.1, -0.05) is 11.2 Å². The molecule has 0 spiro atoms. The van der Waals surface area contributed by atoms with Gasteiger partial charge in [0.05, 0.1) is 6.04 Å². The van der Waals surface area contributed by atoms with Crippen molar-refractivity contribution in [1.29, 1.82) is 0 Å². The lowest BCUT2D eigenvalue weighted by molar-refractivity contribution is -0.127. The van der Waals surface area contributed by atoms with Crippen LogP contribution in [0.25, 0.3) is 0 Å². The second-order valence-corrected chi connectivity index (χ2v) is 5.70. The molecule has 0 fully saturated rings. The number of carbonyl (C=O) groups excluding carboxylic acids is 1. The highest BCUT2D eigenvalue weighted by Crippen LogP contribution is 2.30. The third kappa shape index (κ3) is 4.46. The first kappa shape index (κ1) is 18.2. The third-order valence-corrected chi connectivity index (χ3v) is 3.84. The maximum atomic E-state index is 12.1. The molecule has 8 heteroatoms. The molecule has 2 aromatic rings. The molecule has 1 unspecified atom stereocenters. The van der Waals surface area contributed by atoms with Gasteiger partial charge in [-0.05, 0) is 49.4 Å². The molecular weight excluding hydrogens is 332 g/mol. The SMILES string of the molecule is Cc1noc(COCC(=O)NC2CCCc3cc(N)ccc32)n1.Cl. The first-order valence-corrected chi connectivity index (χ1v) is 7.66. The van der Waals surface area contributed by atoms with Crippen molar-refractivity contribution in [2.45, 2.75) is 38.8 Å². The molecule has 1 aliphatic carbocycles. The molecule has 130 valence electrons. The van der Waals surface area contributed by atoms with Gasteiger partial charge in [0.2, 0.25) is 5.91 Å². The Kier molecular flexibility index (Phi) is 6.16. The zero-order valence-corrected chi connectivity index (χ0v) is 14.3. The van der Waals surface area contributed by atoms with Crippen molar-refractivity contribution in [2.75, 3.05) is 12.3 Å². The molecule has 1 heterocycles. The second-order valence-electron chi connectivity index (χ2n) is 5.70. The molecule has 0 saturated carbocycles. The Morgan fingerprint density at radius 3 is 3.08 bits per heavy atom. The average Bonchev–Trinajstić information content (AvgIpc) is 2.92. The maximum Gasteiger partial charge on any atom is 0.252 e. The summed E-state index contributed by atoms with van der Waals surface area (Å²) in [5.74, 6) is 0.760. The molecule has 3 N–H and O–H groups in total. The number of benzene rings is 1. The summed E-state index contributed by atoms with van der Waals surface area (Å²) < 4.78 is 10.2. The number of ether oxygens (including phenoxy) is 1. The van der Waals surface area contributed by atoms with Crippen LogP contribution in [0.5, 0.6) is 0 Å². The van der Waals surface area contributed by atoms with Crippen molar-refractivity contribution in [3.63, 3.8) is 0 Å². The van der Waals surface area contributed by atoms with Crippen LogP contribution in [0, 0.1) is 6.92 Å². The summed E-state index contributed by atoms with van der Waals surface area (Å²) >= 11 is 0.